The lowest BCUT2D eigenvalue weighted by molar-refractivity contribution is -0.127. The molecule has 39 heavy (non-hydrogen) atoms. The molecular weight excluding hydrogens is 532 g/mol. The van der Waals surface area contributed by atoms with Crippen molar-refractivity contribution < 1.29 is 19.1 Å². The van der Waals surface area contributed by atoms with Gasteiger partial charge < -0.3 is 9.47 Å². The zero-order valence-electron chi connectivity index (χ0n) is 20.8. The van der Waals surface area contributed by atoms with Crippen molar-refractivity contribution in [1.29, 1.82) is 0 Å². The van der Waals surface area contributed by atoms with Gasteiger partial charge in [-0.05, 0) is 53.9 Å². The second-order valence-electron chi connectivity index (χ2n) is 8.59. The van der Waals surface area contributed by atoms with Crippen LogP contribution in [0.2, 0.25) is 5.02 Å². The summed E-state index contributed by atoms with van der Waals surface area (Å²) in [5, 5.41) is 5.21. The predicted molar refractivity (Wildman–Crippen MR) is 156 cm³/mol. The van der Waals surface area contributed by atoms with Crippen LogP contribution in [-0.4, -0.2) is 24.2 Å². The van der Waals surface area contributed by atoms with Gasteiger partial charge in [-0.15, -0.1) is 11.3 Å². The van der Waals surface area contributed by atoms with Crippen LogP contribution < -0.4 is 14.9 Å². The number of ether oxygens (including phenoxy) is 2. The Labute approximate surface area is 234 Å². The molecule has 194 valence electrons. The number of amides is 1. The molecule has 0 aliphatic carbocycles. The Morgan fingerprint density at radius 2 is 1.59 bits per heavy atom. The summed E-state index contributed by atoms with van der Waals surface area (Å²) in [6.07, 6.45) is 0.700. The van der Waals surface area contributed by atoms with E-state index in [2.05, 4.69) is 10.5 Å². The molecule has 5 rings (SSSR count). The minimum atomic E-state index is -0.761. The molecule has 1 aromatic heterocycles. The van der Waals surface area contributed by atoms with Gasteiger partial charge >= 0.3 is 5.97 Å². The van der Waals surface area contributed by atoms with Crippen LogP contribution in [0, 0.1) is 0 Å². The van der Waals surface area contributed by atoms with E-state index in [0.29, 0.717) is 27.0 Å². The van der Waals surface area contributed by atoms with Crippen LogP contribution >= 0.6 is 22.9 Å². The fourth-order valence-electron chi connectivity index (χ4n) is 3.83. The van der Waals surface area contributed by atoms with Gasteiger partial charge in [0.25, 0.3) is 5.91 Å². The Balaban J connectivity index is 1.16. The van der Waals surface area contributed by atoms with Crippen LogP contribution in [0.25, 0.3) is 21.2 Å². The monoisotopic (exact) mass is 554 g/mol. The van der Waals surface area contributed by atoms with Crippen molar-refractivity contribution in [3.8, 4) is 22.6 Å². The van der Waals surface area contributed by atoms with Gasteiger partial charge in [-0.3, -0.25) is 4.79 Å². The molecule has 1 unspecified atom stereocenters. The molecule has 0 fully saturated rings. The van der Waals surface area contributed by atoms with E-state index in [0.717, 1.165) is 21.2 Å². The van der Waals surface area contributed by atoms with E-state index in [4.69, 9.17) is 21.1 Å². The average molecular weight is 555 g/mol. The Hall–Kier alpha value is -4.46. The lowest BCUT2D eigenvalue weighted by Gasteiger charge is -2.13. The van der Waals surface area contributed by atoms with Gasteiger partial charge in [0.15, 0.2) is 6.10 Å². The maximum atomic E-state index is 12.7. The summed E-state index contributed by atoms with van der Waals surface area (Å²) >= 11 is 7.68. The number of esters is 1. The lowest BCUT2D eigenvalue weighted by atomic mass is 10.1. The Bertz CT molecular complexity index is 1650. The Morgan fingerprint density at radius 1 is 0.872 bits per heavy atom. The number of hydrogen-bond acceptors (Lipinski definition) is 6. The molecule has 5 aromatic rings. The Morgan fingerprint density at radius 3 is 2.36 bits per heavy atom. The largest absolute Gasteiger partial charge is 0.481 e. The first kappa shape index (κ1) is 26.2. The number of nitrogens with zero attached hydrogens (tertiary/aromatic N) is 1. The molecule has 8 heteroatoms. The first-order valence-corrected chi connectivity index (χ1v) is 13.3. The number of halogens is 1. The fourth-order valence-corrected chi connectivity index (χ4v) is 5.22. The summed E-state index contributed by atoms with van der Waals surface area (Å²) in [7, 11) is 0. The fraction of sp³-hybridized carbons (Fsp3) is 0.0645. The summed E-state index contributed by atoms with van der Waals surface area (Å²) in [4.78, 5) is 25.5. The van der Waals surface area contributed by atoms with Crippen molar-refractivity contribution in [2.45, 2.75) is 13.0 Å². The molecule has 0 radical (unpaired) electrons. The molecule has 0 saturated heterocycles. The van der Waals surface area contributed by atoms with Crippen LogP contribution in [0.3, 0.4) is 0 Å². The third-order valence-corrected chi connectivity index (χ3v) is 7.48. The van der Waals surface area contributed by atoms with E-state index in [9.17, 15) is 9.59 Å². The highest BCUT2D eigenvalue weighted by molar-refractivity contribution is 7.21. The normalized spacial score (nSPS) is 11.8. The summed E-state index contributed by atoms with van der Waals surface area (Å²) in [5.74, 6) is -0.0271. The molecule has 6 nitrogen and oxygen atoms in total. The quantitative estimate of drug-likeness (QED) is 0.0940. The molecule has 1 atom stereocenters. The number of thiophene rings is 1. The van der Waals surface area contributed by atoms with Crippen LogP contribution in [0.5, 0.6) is 11.5 Å². The van der Waals surface area contributed by atoms with Crippen molar-refractivity contribution >= 4 is 51.1 Å². The minimum absolute atomic E-state index is 0.333. The highest BCUT2D eigenvalue weighted by atomic mass is 35.5. The molecule has 1 heterocycles. The average Bonchev–Trinajstić information content (AvgIpc) is 3.30. The number of carbonyl (C=O) groups is 2. The number of rotatable bonds is 8. The number of fused-ring (bicyclic) bond motifs is 1. The van der Waals surface area contributed by atoms with E-state index in [1.54, 1.807) is 31.2 Å². The first-order valence-electron chi connectivity index (χ1n) is 12.1. The van der Waals surface area contributed by atoms with E-state index >= 15 is 0 Å². The molecule has 1 N–H and O–H groups in total. The van der Waals surface area contributed by atoms with Crippen molar-refractivity contribution in [3.05, 3.63) is 119 Å². The van der Waals surface area contributed by atoms with Gasteiger partial charge in [0, 0.05) is 10.1 Å². The lowest BCUT2D eigenvalue weighted by Crippen LogP contribution is -2.33. The van der Waals surface area contributed by atoms with Gasteiger partial charge in [-0.1, -0.05) is 84.4 Å². The molecule has 0 bridgehead atoms. The molecule has 1 amide bonds. The van der Waals surface area contributed by atoms with Crippen molar-refractivity contribution in [2.75, 3.05) is 0 Å². The summed E-state index contributed by atoms with van der Waals surface area (Å²) in [6, 6.07) is 31.9. The van der Waals surface area contributed by atoms with E-state index < -0.39 is 18.0 Å². The van der Waals surface area contributed by atoms with Gasteiger partial charge in [0.05, 0.1) is 11.2 Å². The van der Waals surface area contributed by atoms with Gasteiger partial charge in [0.1, 0.15) is 16.4 Å². The van der Waals surface area contributed by atoms with Crippen molar-refractivity contribution in [2.24, 2.45) is 5.10 Å². The van der Waals surface area contributed by atoms with Gasteiger partial charge in [0.2, 0.25) is 0 Å². The highest BCUT2D eigenvalue weighted by Gasteiger charge is 2.19. The molecular formula is C31H23ClN2O4S. The third-order valence-electron chi connectivity index (χ3n) is 5.82. The van der Waals surface area contributed by atoms with Crippen molar-refractivity contribution in [3.63, 3.8) is 0 Å². The summed E-state index contributed by atoms with van der Waals surface area (Å²) in [5.41, 5.74) is 5.27. The van der Waals surface area contributed by atoms with Crippen LogP contribution in [0.15, 0.2) is 108 Å². The number of nitrogens with one attached hydrogen (secondary N) is 1. The second-order valence-corrected chi connectivity index (χ2v) is 10.0. The highest BCUT2D eigenvalue weighted by Crippen LogP contribution is 2.35. The maximum Gasteiger partial charge on any atom is 0.355 e. The smallest absolute Gasteiger partial charge is 0.355 e. The summed E-state index contributed by atoms with van der Waals surface area (Å²) in [6.45, 7) is 1.65. The first-order chi connectivity index (χ1) is 19.0. The zero-order valence-corrected chi connectivity index (χ0v) is 22.4. The molecule has 0 spiro atoms. The number of benzene rings is 4. The van der Waals surface area contributed by atoms with E-state index in [1.165, 1.54) is 17.6 Å². The van der Waals surface area contributed by atoms with E-state index in [-0.39, 0.29) is 0 Å². The van der Waals surface area contributed by atoms with Gasteiger partial charge in [-0.25, -0.2) is 10.2 Å². The number of carbonyl (C=O) groups excluding carboxylic acids is 2. The van der Waals surface area contributed by atoms with Gasteiger partial charge in [-0.2, -0.15) is 5.10 Å². The van der Waals surface area contributed by atoms with E-state index in [1.807, 2.05) is 78.9 Å². The summed E-state index contributed by atoms with van der Waals surface area (Å²) < 4.78 is 12.2. The number of hydrogen-bond donors (Lipinski definition) is 1. The second kappa shape index (κ2) is 11.9. The number of hydrazone groups is 1. The topological polar surface area (TPSA) is 77.0 Å². The Kier molecular flexibility index (Phi) is 8.01. The molecule has 4 aromatic carbocycles. The maximum absolute atomic E-state index is 12.7. The predicted octanol–water partition coefficient (Wildman–Crippen LogP) is 7.36. The van der Waals surface area contributed by atoms with Crippen LogP contribution in [-0.2, 0) is 4.79 Å². The standard InChI is InChI=1S/C31H23ClN2O4S/c1-20(37-24-16-14-23(15-17-24)22-9-3-2-4-10-22)30(35)34-33-19-21-8-7-11-25(18-21)38-31(36)29-28(32)26-12-5-6-13-27(26)39-29/h2-20H,1H3,(H,34,35). The zero-order chi connectivity index (χ0) is 27.2. The third kappa shape index (κ3) is 6.34. The van der Waals surface area contributed by atoms with Crippen molar-refractivity contribution in [1.82, 2.24) is 5.43 Å². The van der Waals surface area contributed by atoms with Crippen LogP contribution in [0.4, 0.5) is 0 Å². The van der Waals surface area contributed by atoms with Crippen LogP contribution in [0.1, 0.15) is 22.2 Å². The molecule has 0 saturated carbocycles. The minimum Gasteiger partial charge on any atom is -0.481 e. The molecule has 0 aliphatic heterocycles. The SMILES string of the molecule is CC(Oc1ccc(-c2ccccc2)cc1)C(=O)NN=Cc1cccc(OC(=O)c2sc3ccccc3c2Cl)c1. The molecule has 0 aliphatic rings.